The molecule has 0 heterocycles. The molecule has 0 aliphatic heterocycles. The van der Waals surface area contributed by atoms with Crippen LogP contribution in [0.2, 0.25) is 5.02 Å². The Balaban J connectivity index is 2.34. The Kier molecular flexibility index (Phi) is 8.70. The van der Waals surface area contributed by atoms with Crippen LogP contribution in [0.3, 0.4) is 0 Å². The zero-order valence-electron chi connectivity index (χ0n) is 17.2. The van der Waals surface area contributed by atoms with Crippen molar-refractivity contribution in [1.29, 1.82) is 0 Å². The quantitative estimate of drug-likeness (QED) is 0.321. The molecule has 0 aromatic heterocycles. The first-order chi connectivity index (χ1) is 15.2. The zero-order valence-corrected chi connectivity index (χ0v) is 18.8. The van der Waals surface area contributed by atoms with E-state index in [9.17, 15) is 18.0 Å². The van der Waals surface area contributed by atoms with Gasteiger partial charge in [0.15, 0.2) is 6.61 Å². The van der Waals surface area contributed by atoms with Crippen molar-refractivity contribution in [3.8, 4) is 18.1 Å². The van der Waals surface area contributed by atoms with Gasteiger partial charge in [-0.25, -0.2) is 13.2 Å². The summed E-state index contributed by atoms with van der Waals surface area (Å²) in [7, 11) is -2.60. The Morgan fingerprint density at radius 3 is 2.53 bits per heavy atom. The number of ether oxygens (including phenoxy) is 2. The number of amides is 1. The van der Waals surface area contributed by atoms with Crippen LogP contribution in [0.15, 0.2) is 60.0 Å². The number of esters is 1. The summed E-state index contributed by atoms with van der Waals surface area (Å²) in [6, 6.07) is 10.0. The number of nitrogens with one attached hydrogen (secondary N) is 1. The number of anilines is 1. The number of halogens is 1. The summed E-state index contributed by atoms with van der Waals surface area (Å²) in [5.41, 5.74) is 0.167. The Labute approximate surface area is 191 Å². The van der Waals surface area contributed by atoms with E-state index in [1.165, 1.54) is 25.3 Å². The molecule has 168 valence electrons. The molecule has 8 nitrogen and oxygen atoms in total. The van der Waals surface area contributed by atoms with Crippen molar-refractivity contribution in [2.75, 3.05) is 31.1 Å². The smallest absolute Gasteiger partial charge is 0.340 e. The van der Waals surface area contributed by atoms with Crippen molar-refractivity contribution in [3.05, 3.63) is 65.7 Å². The molecular formula is C22H21ClN2O6S. The van der Waals surface area contributed by atoms with Crippen molar-refractivity contribution >= 4 is 39.2 Å². The predicted molar refractivity (Wildman–Crippen MR) is 121 cm³/mol. The number of benzene rings is 2. The standard InChI is InChI=1S/C22H21ClN2O6S/c1-4-12-24-21(26)15-31-22(27)19-14-18(10-11-20(19)23)32(28,29)25(13-5-2)16-6-8-17(30-3)9-7-16/h1,5-11,14H,2,12-13,15H2,3H3,(H,24,26). The fraction of sp³-hybridized carbons (Fsp3) is 0.182. The maximum atomic E-state index is 13.3. The summed E-state index contributed by atoms with van der Waals surface area (Å²) in [6.07, 6.45) is 6.47. The van der Waals surface area contributed by atoms with Crippen LogP contribution in [0.5, 0.6) is 5.75 Å². The minimum absolute atomic E-state index is 0.0185. The van der Waals surface area contributed by atoms with Crippen LogP contribution in [0.1, 0.15) is 10.4 Å². The van der Waals surface area contributed by atoms with Crippen LogP contribution in [0, 0.1) is 12.3 Å². The van der Waals surface area contributed by atoms with Crippen molar-refractivity contribution in [2.24, 2.45) is 0 Å². The minimum atomic E-state index is -4.10. The Hall–Kier alpha value is -3.48. The van der Waals surface area contributed by atoms with Crippen LogP contribution in [-0.2, 0) is 19.6 Å². The highest BCUT2D eigenvalue weighted by molar-refractivity contribution is 7.92. The van der Waals surface area contributed by atoms with Gasteiger partial charge in [-0.1, -0.05) is 23.6 Å². The summed E-state index contributed by atoms with van der Waals surface area (Å²) in [4.78, 5) is 23.8. The molecule has 0 saturated heterocycles. The highest BCUT2D eigenvalue weighted by atomic mass is 35.5. The molecule has 2 aromatic rings. The molecule has 2 rings (SSSR count). The molecule has 32 heavy (non-hydrogen) atoms. The molecule has 1 amide bonds. The van der Waals surface area contributed by atoms with Gasteiger partial charge in [0.2, 0.25) is 0 Å². The summed E-state index contributed by atoms with van der Waals surface area (Å²) < 4.78 is 37.8. The third kappa shape index (κ3) is 6.03. The lowest BCUT2D eigenvalue weighted by atomic mass is 10.2. The number of sulfonamides is 1. The largest absolute Gasteiger partial charge is 0.497 e. The maximum absolute atomic E-state index is 13.3. The number of rotatable bonds is 10. The van der Waals surface area contributed by atoms with Crippen molar-refractivity contribution in [1.82, 2.24) is 5.32 Å². The Bertz CT molecular complexity index is 1140. The van der Waals surface area contributed by atoms with Crippen LogP contribution < -0.4 is 14.4 Å². The van der Waals surface area contributed by atoms with E-state index in [4.69, 9.17) is 27.5 Å². The van der Waals surface area contributed by atoms with Gasteiger partial charge >= 0.3 is 5.97 Å². The highest BCUT2D eigenvalue weighted by Gasteiger charge is 2.26. The molecule has 0 radical (unpaired) electrons. The molecule has 0 fully saturated rings. The Morgan fingerprint density at radius 1 is 1.25 bits per heavy atom. The lowest BCUT2D eigenvalue weighted by Gasteiger charge is -2.23. The van der Waals surface area contributed by atoms with E-state index in [1.807, 2.05) is 0 Å². The van der Waals surface area contributed by atoms with Gasteiger partial charge in [0.25, 0.3) is 15.9 Å². The molecule has 0 saturated carbocycles. The molecule has 2 aromatic carbocycles. The summed E-state index contributed by atoms with van der Waals surface area (Å²) in [5.74, 6) is 1.22. The Morgan fingerprint density at radius 2 is 1.94 bits per heavy atom. The van der Waals surface area contributed by atoms with Gasteiger partial charge in [0.05, 0.1) is 41.4 Å². The van der Waals surface area contributed by atoms with Gasteiger partial charge in [-0.3, -0.25) is 9.10 Å². The molecule has 1 N–H and O–H groups in total. The molecule has 0 atom stereocenters. The molecular weight excluding hydrogens is 456 g/mol. The van der Waals surface area contributed by atoms with Crippen LogP contribution in [0.4, 0.5) is 5.69 Å². The summed E-state index contributed by atoms with van der Waals surface area (Å²) >= 11 is 6.06. The molecule has 0 bridgehead atoms. The number of carbonyl (C=O) groups excluding carboxylic acids is 2. The molecule has 10 heteroatoms. The summed E-state index contributed by atoms with van der Waals surface area (Å²) in [5, 5.41) is 2.31. The first-order valence-corrected chi connectivity index (χ1v) is 11.0. The minimum Gasteiger partial charge on any atom is -0.497 e. The SMILES string of the molecule is C#CCNC(=O)COC(=O)c1cc(S(=O)(=O)N(CC=C)c2ccc(OC)cc2)ccc1Cl. The second kappa shape index (κ2) is 11.2. The third-order valence-corrected chi connectivity index (χ3v) is 6.24. The van der Waals surface area contributed by atoms with Gasteiger partial charge in [-0.05, 0) is 42.5 Å². The monoisotopic (exact) mass is 476 g/mol. The summed E-state index contributed by atoms with van der Waals surface area (Å²) in [6.45, 7) is 2.98. The average Bonchev–Trinajstić information content (AvgIpc) is 2.79. The number of nitrogens with zero attached hydrogens (tertiary/aromatic N) is 1. The van der Waals surface area contributed by atoms with Gasteiger partial charge < -0.3 is 14.8 Å². The highest BCUT2D eigenvalue weighted by Crippen LogP contribution is 2.28. The van der Waals surface area contributed by atoms with Crippen molar-refractivity contribution in [3.63, 3.8) is 0 Å². The first kappa shape index (κ1) is 24.8. The average molecular weight is 477 g/mol. The second-order valence-electron chi connectivity index (χ2n) is 6.22. The van der Waals surface area contributed by atoms with Crippen molar-refractivity contribution in [2.45, 2.75) is 4.90 Å². The van der Waals surface area contributed by atoms with E-state index in [-0.39, 0.29) is 28.6 Å². The fourth-order valence-corrected chi connectivity index (χ4v) is 4.22. The predicted octanol–water partition coefficient (Wildman–Crippen LogP) is 2.64. The first-order valence-electron chi connectivity index (χ1n) is 9.19. The number of hydrogen-bond acceptors (Lipinski definition) is 6. The lowest BCUT2D eigenvalue weighted by molar-refractivity contribution is -0.123. The molecule has 0 aliphatic rings. The number of terminal acetylenes is 1. The zero-order chi connectivity index (χ0) is 23.7. The number of hydrogen-bond donors (Lipinski definition) is 1. The van der Waals surface area contributed by atoms with E-state index < -0.39 is 28.5 Å². The van der Waals surface area contributed by atoms with E-state index >= 15 is 0 Å². The lowest BCUT2D eigenvalue weighted by Crippen LogP contribution is -2.31. The normalized spacial score (nSPS) is 10.5. The van der Waals surface area contributed by atoms with Crippen LogP contribution in [-0.4, -0.2) is 47.1 Å². The molecule has 0 aliphatic carbocycles. The topological polar surface area (TPSA) is 102 Å². The molecule has 0 unspecified atom stereocenters. The van der Waals surface area contributed by atoms with E-state index in [0.29, 0.717) is 11.4 Å². The van der Waals surface area contributed by atoms with E-state index in [2.05, 4.69) is 17.8 Å². The molecule has 0 spiro atoms. The third-order valence-electron chi connectivity index (χ3n) is 4.12. The van der Waals surface area contributed by atoms with E-state index in [0.717, 1.165) is 10.4 Å². The van der Waals surface area contributed by atoms with Gasteiger partial charge in [-0.15, -0.1) is 13.0 Å². The maximum Gasteiger partial charge on any atom is 0.340 e. The van der Waals surface area contributed by atoms with Gasteiger partial charge in [0.1, 0.15) is 5.75 Å². The fourth-order valence-electron chi connectivity index (χ4n) is 2.57. The number of methoxy groups -OCH3 is 1. The van der Waals surface area contributed by atoms with Crippen LogP contribution >= 0.6 is 11.6 Å². The van der Waals surface area contributed by atoms with Gasteiger partial charge in [0, 0.05) is 0 Å². The van der Waals surface area contributed by atoms with E-state index in [1.54, 1.807) is 24.3 Å². The van der Waals surface area contributed by atoms with Crippen LogP contribution in [0.25, 0.3) is 0 Å². The number of carbonyl (C=O) groups is 2. The van der Waals surface area contributed by atoms with Gasteiger partial charge in [-0.2, -0.15) is 0 Å². The van der Waals surface area contributed by atoms with Crippen molar-refractivity contribution < 1.29 is 27.5 Å². The second-order valence-corrected chi connectivity index (χ2v) is 8.49.